The van der Waals surface area contributed by atoms with Gasteiger partial charge in [-0.1, -0.05) is 50.2 Å². The number of likely N-dealkylation sites (tertiary alicyclic amines) is 1. The van der Waals surface area contributed by atoms with Crippen LogP contribution in [0.2, 0.25) is 0 Å². The van der Waals surface area contributed by atoms with E-state index in [0.29, 0.717) is 25.3 Å². The van der Waals surface area contributed by atoms with Crippen molar-refractivity contribution >= 4 is 23.0 Å². The lowest BCUT2D eigenvalue weighted by Gasteiger charge is -2.42. The van der Waals surface area contributed by atoms with Gasteiger partial charge in [0.25, 0.3) is 5.91 Å². The highest BCUT2D eigenvalue weighted by Gasteiger charge is 2.59. The molecule has 3 aromatic rings. The second kappa shape index (κ2) is 8.73. The molecule has 0 N–H and O–H groups in total. The maximum absolute atomic E-state index is 14.1. The van der Waals surface area contributed by atoms with Crippen molar-refractivity contribution in [2.24, 2.45) is 13.0 Å². The summed E-state index contributed by atoms with van der Waals surface area (Å²) >= 11 is 0. The molecular weight excluding hydrogens is 450 g/mol. The van der Waals surface area contributed by atoms with E-state index in [-0.39, 0.29) is 18.0 Å². The monoisotopic (exact) mass is 485 g/mol. The SMILES string of the molecule is CC(C)CN1C(=O)N(C2Cc3ccccc3C2)C(=O)C12CCN(Cc1nc3ccccc3n1C)CC2. The average molecular weight is 486 g/mol. The second-order valence-corrected chi connectivity index (χ2v) is 11.2. The number of imidazole rings is 1. The van der Waals surface area contributed by atoms with Gasteiger partial charge in [-0.3, -0.25) is 14.6 Å². The molecule has 0 atom stereocenters. The Morgan fingerprint density at radius 1 is 0.972 bits per heavy atom. The number of hydrogen-bond donors (Lipinski definition) is 0. The molecule has 1 spiro atoms. The van der Waals surface area contributed by atoms with E-state index in [2.05, 4.69) is 48.6 Å². The van der Waals surface area contributed by atoms with E-state index in [1.54, 1.807) is 4.90 Å². The predicted molar refractivity (Wildman–Crippen MR) is 139 cm³/mol. The number of fused-ring (bicyclic) bond motifs is 2. The van der Waals surface area contributed by atoms with Gasteiger partial charge in [0, 0.05) is 32.7 Å². The van der Waals surface area contributed by atoms with Gasteiger partial charge in [-0.05, 0) is 54.9 Å². The van der Waals surface area contributed by atoms with Crippen LogP contribution < -0.4 is 0 Å². The summed E-state index contributed by atoms with van der Waals surface area (Å²) in [5, 5.41) is 0. The molecule has 36 heavy (non-hydrogen) atoms. The fourth-order valence-electron chi connectivity index (χ4n) is 6.50. The van der Waals surface area contributed by atoms with E-state index < -0.39 is 5.54 Å². The van der Waals surface area contributed by atoms with Crippen LogP contribution in [0, 0.1) is 5.92 Å². The lowest BCUT2D eigenvalue weighted by atomic mass is 9.85. The van der Waals surface area contributed by atoms with Crippen molar-refractivity contribution in [3.05, 3.63) is 65.5 Å². The summed E-state index contributed by atoms with van der Waals surface area (Å²) in [5.74, 6) is 1.36. The largest absolute Gasteiger partial charge is 0.330 e. The molecule has 188 valence electrons. The Hall–Kier alpha value is -3.19. The molecule has 0 bridgehead atoms. The number of nitrogens with zero attached hydrogens (tertiary/aromatic N) is 5. The lowest BCUT2D eigenvalue weighted by Crippen LogP contribution is -2.57. The summed E-state index contributed by atoms with van der Waals surface area (Å²) in [6.07, 6.45) is 2.87. The van der Waals surface area contributed by atoms with Crippen LogP contribution in [0.5, 0.6) is 0 Å². The molecule has 0 unspecified atom stereocenters. The molecule has 0 saturated carbocycles. The summed E-state index contributed by atoms with van der Waals surface area (Å²) < 4.78 is 2.16. The number of urea groups is 1. The van der Waals surface area contributed by atoms with Crippen LogP contribution in [0.4, 0.5) is 4.79 Å². The number of benzene rings is 2. The van der Waals surface area contributed by atoms with Gasteiger partial charge in [-0.2, -0.15) is 0 Å². The highest BCUT2D eigenvalue weighted by Crippen LogP contribution is 2.41. The van der Waals surface area contributed by atoms with Crippen LogP contribution in [-0.2, 0) is 31.2 Å². The Morgan fingerprint density at radius 2 is 1.61 bits per heavy atom. The first-order valence-electron chi connectivity index (χ1n) is 13.2. The van der Waals surface area contributed by atoms with Crippen LogP contribution in [0.15, 0.2) is 48.5 Å². The molecule has 7 heteroatoms. The van der Waals surface area contributed by atoms with Crippen LogP contribution in [0.25, 0.3) is 11.0 Å². The summed E-state index contributed by atoms with van der Waals surface area (Å²) in [6, 6.07) is 16.4. The van der Waals surface area contributed by atoms with E-state index in [9.17, 15) is 9.59 Å². The highest BCUT2D eigenvalue weighted by atomic mass is 16.2. The number of amides is 3. The number of imide groups is 1. The Morgan fingerprint density at radius 3 is 2.25 bits per heavy atom. The zero-order valence-electron chi connectivity index (χ0n) is 21.5. The maximum Gasteiger partial charge on any atom is 0.327 e. The molecule has 3 aliphatic rings. The molecule has 1 aliphatic carbocycles. The zero-order chi connectivity index (χ0) is 25.0. The third-order valence-corrected chi connectivity index (χ3v) is 8.44. The number of aryl methyl sites for hydroxylation is 1. The van der Waals surface area contributed by atoms with Gasteiger partial charge in [-0.15, -0.1) is 0 Å². The van der Waals surface area contributed by atoms with Gasteiger partial charge < -0.3 is 9.47 Å². The molecular formula is C29H35N5O2. The lowest BCUT2D eigenvalue weighted by molar-refractivity contribution is -0.137. The minimum atomic E-state index is -0.723. The minimum absolute atomic E-state index is 0.0216. The number of piperidine rings is 1. The number of carbonyl (C=O) groups excluding carboxylic acids is 2. The fraction of sp³-hybridized carbons (Fsp3) is 0.483. The van der Waals surface area contributed by atoms with E-state index in [1.165, 1.54) is 11.1 Å². The first-order chi connectivity index (χ1) is 17.4. The number of aromatic nitrogens is 2. The number of para-hydroxylation sites is 2. The Kier molecular flexibility index (Phi) is 5.63. The smallest absolute Gasteiger partial charge is 0.327 e. The Bertz CT molecular complexity index is 1300. The molecule has 2 aromatic carbocycles. The molecule has 0 radical (unpaired) electrons. The summed E-state index contributed by atoms with van der Waals surface area (Å²) in [7, 11) is 2.07. The third kappa shape index (κ3) is 3.63. The van der Waals surface area contributed by atoms with Crippen molar-refractivity contribution in [2.45, 2.75) is 57.7 Å². The van der Waals surface area contributed by atoms with Crippen molar-refractivity contribution < 1.29 is 9.59 Å². The summed E-state index contributed by atoms with van der Waals surface area (Å²) in [5.41, 5.74) is 3.94. The molecule has 2 aliphatic heterocycles. The predicted octanol–water partition coefficient (Wildman–Crippen LogP) is 4.00. The van der Waals surface area contributed by atoms with Gasteiger partial charge in [0.05, 0.1) is 17.6 Å². The molecule has 2 saturated heterocycles. The zero-order valence-corrected chi connectivity index (χ0v) is 21.5. The van der Waals surface area contributed by atoms with Crippen molar-refractivity contribution in [3.8, 4) is 0 Å². The fourth-order valence-corrected chi connectivity index (χ4v) is 6.50. The standard InChI is InChI=1S/C29H35N5O2/c1-20(2)18-33-28(36)34(23-16-21-8-4-5-9-22(21)17-23)27(35)29(33)12-14-32(15-13-29)19-26-30-24-10-6-7-11-25(24)31(26)3/h4-11,20,23H,12-19H2,1-3H3. The van der Waals surface area contributed by atoms with Crippen LogP contribution in [0.3, 0.4) is 0 Å². The first kappa shape index (κ1) is 23.2. The maximum atomic E-state index is 14.1. The van der Waals surface area contributed by atoms with Gasteiger partial charge in [-0.25, -0.2) is 9.78 Å². The second-order valence-electron chi connectivity index (χ2n) is 11.2. The van der Waals surface area contributed by atoms with E-state index in [4.69, 9.17) is 4.98 Å². The molecule has 7 nitrogen and oxygen atoms in total. The van der Waals surface area contributed by atoms with Crippen LogP contribution in [-0.4, -0.2) is 67.4 Å². The first-order valence-corrected chi connectivity index (χ1v) is 13.2. The average Bonchev–Trinajstić information content (AvgIpc) is 3.49. The van der Waals surface area contributed by atoms with Crippen molar-refractivity contribution in [3.63, 3.8) is 0 Å². The number of carbonyl (C=O) groups is 2. The minimum Gasteiger partial charge on any atom is -0.330 e. The Balaban J connectivity index is 1.22. The molecule has 3 amide bonds. The number of hydrogen-bond acceptors (Lipinski definition) is 4. The van der Waals surface area contributed by atoms with Gasteiger partial charge >= 0.3 is 6.03 Å². The normalized spacial score (nSPS) is 20.4. The highest BCUT2D eigenvalue weighted by molar-refractivity contribution is 6.07. The van der Waals surface area contributed by atoms with Gasteiger partial charge in [0.2, 0.25) is 0 Å². The molecule has 3 heterocycles. The van der Waals surface area contributed by atoms with Crippen molar-refractivity contribution in [1.29, 1.82) is 0 Å². The van der Waals surface area contributed by atoms with Gasteiger partial charge in [0.15, 0.2) is 0 Å². The quantitative estimate of drug-likeness (QED) is 0.513. The topological polar surface area (TPSA) is 61.7 Å². The van der Waals surface area contributed by atoms with E-state index >= 15 is 0 Å². The van der Waals surface area contributed by atoms with E-state index in [1.807, 2.05) is 35.2 Å². The van der Waals surface area contributed by atoms with E-state index in [0.717, 1.165) is 49.3 Å². The third-order valence-electron chi connectivity index (χ3n) is 8.44. The molecule has 6 rings (SSSR count). The Labute approximate surface area is 212 Å². The summed E-state index contributed by atoms with van der Waals surface area (Å²) in [4.78, 5) is 38.6. The number of rotatable bonds is 5. The van der Waals surface area contributed by atoms with Crippen molar-refractivity contribution in [2.75, 3.05) is 19.6 Å². The molecule has 2 fully saturated rings. The van der Waals surface area contributed by atoms with Gasteiger partial charge in [0.1, 0.15) is 11.4 Å². The summed E-state index contributed by atoms with van der Waals surface area (Å²) in [6.45, 7) is 7.16. The van der Waals surface area contributed by atoms with Crippen molar-refractivity contribution in [1.82, 2.24) is 24.3 Å². The van der Waals surface area contributed by atoms with Crippen LogP contribution >= 0.6 is 0 Å². The van der Waals surface area contributed by atoms with Crippen LogP contribution in [0.1, 0.15) is 43.6 Å². The molecule has 1 aromatic heterocycles.